The van der Waals surface area contributed by atoms with E-state index in [1.807, 2.05) is 0 Å². The van der Waals surface area contributed by atoms with Crippen LogP contribution in [0.2, 0.25) is 0 Å². The highest BCUT2D eigenvalue weighted by Crippen LogP contribution is 2.26. The zero-order chi connectivity index (χ0) is 10.9. The van der Waals surface area contributed by atoms with Crippen LogP contribution in [0.25, 0.3) is 0 Å². The minimum atomic E-state index is -0.776. The summed E-state index contributed by atoms with van der Waals surface area (Å²) < 4.78 is 13.0. The number of carbonyl (C=O) groups excluding carboxylic acids is 1. The molecule has 0 N–H and O–H groups in total. The number of benzene rings is 1. The Hall–Kier alpha value is -1.05. The molecule has 0 heterocycles. The minimum Gasteiger partial charge on any atom is -0.294 e. The summed E-state index contributed by atoms with van der Waals surface area (Å²) in [5, 5.41) is 10.5. The van der Waals surface area contributed by atoms with Crippen LogP contribution in [0.1, 0.15) is 17.3 Å². The number of Topliss-reactive ketones (excluding diaryl/α,β-unsaturated/α-hetero) is 1. The smallest absolute Gasteiger partial charge is 0.286 e. The molecule has 1 rings (SSSR count). The summed E-state index contributed by atoms with van der Waals surface area (Å²) in [6.07, 6.45) is 0. The Bertz CT molecular complexity index is 384. The Morgan fingerprint density at radius 3 is 2.57 bits per heavy atom. The molecule has 6 heteroatoms. The van der Waals surface area contributed by atoms with Crippen molar-refractivity contribution in [2.75, 3.05) is 0 Å². The van der Waals surface area contributed by atoms with Crippen LogP contribution in [-0.4, -0.2) is 10.7 Å². The van der Waals surface area contributed by atoms with Gasteiger partial charge in [-0.3, -0.25) is 14.9 Å². The van der Waals surface area contributed by atoms with Crippen LogP contribution in [0.15, 0.2) is 12.1 Å². The summed E-state index contributed by atoms with van der Waals surface area (Å²) in [4.78, 5) is 20.8. The van der Waals surface area contributed by atoms with Crippen molar-refractivity contribution in [1.82, 2.24) is 0 Å². The lowest BCUT2D eigenvalue weighted by atomic mass is 10.1. The van der Waals surface area contributed by atoms with E-state index < -0.39 is 16.5 Å². The average Bonchev–Trinajstić information content (AvgIpc) is 2.07. The van der Waals surface area contributed by atoms with Gasteiger partial charge in [-0.2, -0.15) is 0 Å². The van der Waals surface area contributed by atoms with Gasteiger partial charge in [0.1, 0.15) is 9.39 Å². The van der Waals surface area contributed by atoms with Crippen LogP contribution in [0, 0.1) is 19.5 Å². The van der Waals surface area contributed by atoms with Gasteiger partial charge >= 0.3 is 0 Å². The topological polar surface area (TPSA) is 60.2 Å². The van der Waals surface area contributed by atoms with Crippen LogP contribution in [0.5, 0.6) is 0 Å². The molecule has 0 fully saturated rings. The molecule has 74 valence electrons. The second-order valence-corrected chi connectivity index (χ2v) is 3.68. The van der Waals surface area contributed by atoms with Gasteiger partial charge in [0.25, 0.3) is 5.69 Å². The Morgan fingerprint density at radius 1 is 1.57 bits per heavy atom. The molecule has 0 aromatic heterocycles. The van der Waals surface area contributed by atoms with Crippen LogP contribution in [-0.2, 0) is 0 Å². The van der Waals surface area contributed by atoms with Gasteiger partial charge in [0.2, 0.25) is 0 Å². The van der Waals surface area contributed by atoms with Crippen molar-refractivity contribution in [3.8, 4) is 0 Å². The molecule has 4 nitrogen and oxygen atoms in total. The predicted molar refractivity (Wildman–Crippen MR) is 55.8 cm³/mol. The molecular weight excluding hydrogens is 304 g/mol. The molecule has 1 aromatic carbocycles. The monoisotopic (exact) mass is 309 g/mol. The van der Waals surface area contributed by atoms with Gasteiger partial charge in [0.15, 0.2) is 5.78 Å². The molecule has 0 amide bonds. The third-order valence-corrected chi connectivity index (χ3v) is 2.73. The molecule has 0 saturated heterocycles. The van der Waals surface area contributed by atoms with Crippen LogP contribution >= 0.6 is 22.6 Å². The van der Waals surface area contributed by atoms with E-state index in [0.29, 0.717) is 0 Å². The van der Waals surface area contributed by atoms with Gasteiger partial charge in [-0.1, -0.05) is 0 Å². The number of nitro benzene ring substituents is 1. The van der Waals surface area contributed by atoms with E-state index in [-0.39, 0.29) is 14.8 Å². The number of nitro groups is 1. The van der Waals surface area contributed by atoms with Crippen molar-refractivity contribution < 1.29 is 14.1 Å². The van der Waals surface area contributed by atoms with E-state index in [1.54, 1.807) is 22.6 Å². The van der Waals surface area contributed by atoms with Crippen molar-refractivity contribution in [3.63, 3.8) is 0 Å². The Morgan fingerprint density at radius 2 is 2.14 bits per heavy atom. The average molecular weight is 309 g/mol. The molecule has 0 spiro atoms. The van der Waals surface area contributed by atoms with Gasteiger partial charge in [-0.15, -0.1) is 0 Å². The van der Waals surface area contributed by atoms with Crippen LogP contribution in [0.3, 0.4) is 0 Å². The fourth-order valence-corrected chi connectivity index (χ4v) is 1.85. The first-order chi connectivity index (χ1) is 6.43. The number of hydrogen-bond donors (Lipinski definition) is 0. The largest absolute Gasteiger partial charge is 0.294 e. The van der Waals surface area contributed by atoms with Crippen molar-refractivity contribution in [1.29, 1.82) is 0 Å². The highest BCUT2D eigenvalue weighted by molar-refractivity contribution is 14.1. The predicted octanol–water partition coefficient (Wildman–Crippen LogP) is 2.54. The maximum atomic E-state index is 12.9. The third-order valence-electron chi connectivity index (χ3n) is 1.59. The molecule has 0 aliphatic heterocycles. The minimum absolute atomic E-state index is 0.0392. The zero-order valence-corrected chi connectivity index (χ0v) is 9.24. The highest BCUT2D eigenvalue weighted by atomic mass is 127. The second-order valence-electron chi connectivity index (χ2n) is 2.60. The molecule has 1 aromatic rings. The molecule has 0 saturated carbocycles. The van der Waals surface area contributed by atoms with Crippen molar-refractivity contribution >= 4 is 34.1 Å². The van der Waals surface area contributed by atoms with Gasteiger partial charge in [0, 0.05) is 5.56 Å². The quantitative estimate of drug-likeness (QED) is 0.365. The van der Waals surface area contributed by atoms with E-state index >= 15 is 0 Å². The summed E-state index contributed by atoms with van der Waals surface area (Å²) in [5.74, 6) is -1.17. The van der Waals surface area contributed by atoms with Gasteiger partial charge in [-0.25, -0.2) is 4.39 Å². The Balaban J connectivity index is 3.47. The number of hydrogen-bond acceptors (Lipinski definition) is 3. The molecule has 0 atom stereocenters. The molecule has 0 aliphatic rings. The van der Waals surface area contributed by atoms with Gasteiger partial charge < -0.3 is 0 Å². The lowest BCUT2D eigenvalue weighted by Gasteiger charge is -2.01. The number of ketones is 1. The molecule has 0 unspecified atom stereocenters. The zero-order valence-electron chi connectivity index (χ0n) is 7.08. The number of halogens is 2. The van der Waals surface area contributed by atoms with Gasteiger partial charge in [0.05, 0.1) is 11.0 Å². The number of carbonyl (C=O) groups is 1. The van der Waals surface area contributed by atoms with E-state index in [1.165, 1.54) is 6.92 Å². The SMILES string of the molecule is CC(=O)c1cc(F)cc([N+](=O)[O-])c1I. The fraction of sp³-hybridized carbons (Fsp3) is 0.125. The third kappa shape index (κ3) is 2.06. The van der Waals surface area contributed by atoms with E-state index in [9.17, 15) is 19.3 Å². The summed E-state index contributed by atoms with van der Waals surface area (Å²) in [6, 6.07) is 1.80. The van der Waals surface area contributed by atoms with Crippen LogP contribution in [0.4, 0.5) is 10.1 Å². The van der Waals surface area contributed by atoms with E-state index in [0.717, 1.165) is 12.1 Å². The summed E-state index contributed by atoms with van der Waals surface area (Å²) in [6.45, 7) is 1.24. The molecular formula is C8H5FINO3. The van der Waals surface area contributed by atoms with Gasteiger partial charge in [-0.05, 0) is 35.6 Å². The molecule has 0 radical (unpaired) electrons. The summed E-state index contributed by atoms with van der Waals surface area (Å²) >= 11 is 1.66. The van der Waals surface area contributed by atoms with E-state index in [2.05, 4.69) is 0 Å². The number of nitrogens with zero attached hydrogens (tertiary/aromatic N) is 1. The van der Waals surface area contributed by atoms with Crippen molar-refractivity contribution in [2.45, 2.75) is 6.92 Å². The Kier molecular flexibility index (Phi) is 3.14. The second kappa shape index (κ2) is 3.99. The maximum absolute atomic E-state index is 12.9. The highest BCUT2D eigenvalue weighted by Gasteiger charge is 2.19. The summed E-state index contributed by atoms with van der Waals surface area (Å²) in [5.41, 5.74) is -0.340. The number of rotatable bonds is 2. The van der Waals surface area contributed by atoms with Crippen molar-refractivity contribution in [3.05, 3.63) is 37.2 Å². The summed E-state index contributed by atoms with van der Waals surface area (Å²) in [7, 11) is 0. The molecule has 0 aliphatic carbocycles. The first-order valence-corrected chi connectivity index (χ1v) is 4.65. The van der Waals surface area contributed by atoms with Crippen molar-refractivity contribution in [2.24, 2.45) is 0 Å². The first-order valence-electron chi connectivity index (χ1n) is 3.58. The Labute approximate surface area is 92.4 Å². The van der Waals surface area contributed by atoms with E-state index in [4.69, 9.17) is 0 Å². The first kappa shape index (κ1) is 11.0. The molecule has 14 heavy (non-hydrogen) atoms. The molecule has 0 bridgehead atoms. The fourth-order valence-electron chi connectivity index (χ4n) is 0.964. The standard InChI is InChI=1S/C8H5FINO3/c1-4(12)6-2-5(9)3-7(8(6)10)11(13)14/h2-3H,1H3. The lowest BCUT2D eigenvalue weighted by Crippen LogP contribution is -2.02. The lowest BCUT2D eigenvalue weighted by molar-refractivity contribution is -0.386. The maximum Gasteiger partial charge on any atom is 0.286 e. The van der Waals surface area contributed by atoms with Crippen LogP contribution < -0.4 is 0 Å². The normalized spacial score (nSPS) is 9.93.